The molecule has 5 aromatic rings. The zero-order valence-electron chi connectivity index (χ0n) is 14.8. The van der Waals surface area contributed by atoms with Gasteiger partial charge in [0.1, 0.15) is 0 Å². The third kappa shape index (κ3) is 3.00. The number of aryl methyl sites for hydroxylation is 1. The molecule has 0 amide bonds. The van der Waals surface area contributed by atoms with Crippen LogP contribution in [-0.4, -0.2) is 0 Å². The van der Waals surface area contributed by atoms with Crippen molar-refractivity contribution in [1.29, 1.82) is 0 Å². The molecular formula is C25H21N. The molecule has 0 saturated carbocycles. The first kappa shape index (κ1) is 16.2. The first-order chi connectivity index (χ1) is 12.7. The quantitative estimate of drug-likeness (QED) is 0.246. The van der Waals surface area contributed by atoms with Crippen molar-refractivity contribution in [3.05, 3.63) is 103 Å². The van der Waals surface area contributed by atoms with E-state index in [2.05, 4.69) is 79.7 Å². The summed E-state index contributed by atoms with van der Waals surface area (Å²) in [4.78, 5) is 0. The Bertz CT molecular complexity index is 1160. The summed E-state index contributed by atoms with van der Waals surface area (Å²) in [6, 6.07) is 33.5. The topological polar surface area (TPSA) is 26.0 Å². The van der Waals surface area contributed by atoms with Crippen LogP contribution in [0.1, 0.15) is 5.56 Å². The largest absolute Gasteiger partial charge is 0.399 e. The number of nitrogens with two attached hydrogens (primary N) is 1. The Morgan fingerprint density at radius 1 is 0.462 bits per heavy atom. The van der Waals surface area contributed by atoms with Crippen LogP contribution in [0, 0.1) is 6.92 Å². The van der Waals surface area contributed by atoms with Gasteiger partial charge in [0.2, 0.25) is 0 Å². The minimum Gasteiger partial charge on any atom is -0.399 e. The van der Waals surface area contributed by atoms with Gasteiger partial charge in [0.15, 0.2) is 0 Å². The van der Waals surface area contributed by atoms with Gasteiger partial charge >= 0.3 is 0 Å². The molecule has 2 N–H and O–H groups in total. The van der Waals surface area contributed by atoms with Gasteiger partial charge in [0.25, 0.3) is 0 Å². The molecule has 0 saturated heterocycles. The Labute approximate surface area is 153 Å². The Morgan fingerprint density at radius 2 is 0.885 bits per heavy atom. The number of anilines is 1. The van der Waals surface area contributed by atoms with Crippen LogP contribution in [0.3, 0.4) is 0 Å². The lowest BCUT2D eigenvalue weighted by Crippen LogP contribution is -1.86. The van der Waals surface area contributed by atoms with E-state index >= 15 is 0 Å². The third-order valence-electron chi connectivity index (χ3n) is 4.71. The van der Waals surface area contributed by atoms with Gasteiger partial charge in [-0.25, -0.2) is 0 Å². The fourth-order valence-electron chi connectivity index (χ4n) is 3.46. The second-order valence-corrected chi connectivity index (χ2v) is 6.55. The average molecular weight is 335 g/mol. The van der Waals surface area contributed by atoms with E-state index in [0.717, 1.165) is 5.69 Å². The first-order valence-electron chi connectivity index (χ1n) is 8.84. The Kier molecular flexibility index (Phi) is 4.28. The molecular weight excluding hydrogens is 314 g/mol. The Balaban J connectivity index is 0.000000204. The second-order valence-electron chi connectivity index (χ2n) is 6.55. The molecule has 0 unspecified atom stereocenters. The molecule has 5 rings (SSSR count). The zero-order chi connectivity index (χ0) is 17.9. The van der Waals surface area contributed by atoms with Crippen LogP contribution in [0.2, 0.25) is 0 Å². The maximum absolute atomic E-state index is 5.96. The van der Waals surface area contributed by atoms with Gasteiger partial charge in [-0.3, -0.25) is 0 Å². The number of rotatable bonds is 0. The van der Waals surface area contributed by atoms with E-state index in [1.807, 2.05) is 24.3 Å². The molecule has 0 atom stereocenters. The summed E-state index contributed by atoms with van der Waals surface area (Å²) in [6.07, 6.45) is 0. The molecule has 0 aliphatic carbocycles. The molecule has 0 heterocycles. The summed E-state index contributed by atoms with van der Waals surface area (Å²) in [7, 11) is 0. The van der Waals surface area contributed by atoms with Crippen molar-refractivity contribution in [2.24, 2.45) is 0 Å². The zero-order valence-corrected chi connectivity index (χ0v) is 14.8. The SMILES string of the molecule is Cc1ccccc1.Nc1ccc2c3ccccc3c3ccccc3c2c1. The van der Waals surface area contributed by atoms with Crippen molar-refractivity contribution in [1.82, 2.24) is 0 Å². The van der Waals surface area contributed by atoms with Crippen LogP contribution in [0.15, 0.2) is 97.1 Å². The van der Waals surface area contributed by atoms with E-state index in [1.165, 1.54) is 37.9 Å². The number of hydrogen-bond donors (Lipinski definition) is 1. The van der Waals surface area contributed by atoms with Gasteiger partial charge in [-0.05, 0) is 51.4 Å². The maximum Gasteiger partial charge on any atom is 0.0320 e. The highest BCUT2D eigenvalue weighted by atomic mass is 14.5. The number of fused-ring (bicyclic) bond motifs is 6. The molecule has 0 fully saturated rings. The van der Waals surface area contributed by atoms with Crippen molar-refractivity contribution in [3.63, 3.8) is 0 Å². The van der Waals surface area contributed by atoms with Gasteiger partial charge in [0, 0.05) is 5.69 Å². The van der Waals surface area contributed by atoms with Crippen LogP contribution < -0.4 is 5.73 Å². The van der Waals surface area contributed by atoms with E-state index in [-0.39, 0.29) is 0 Å². The lowest BCUT2D eigenvalue weighted by atomic mass is 9.94. The summed E-state index contributed by atoms with van der Waals surface area (Å²) in [5.41, 5.74) is 8.09. The van der Waals surface area contributed by atoms with Crippen LogP contribution in [0.25, 0.3) is 32.3 Å². The highest BCUT2D eigenvalue weighted by Gasteiger charge is 2.07. The van der Waals surface area contributed by atoms with E-state index in [4.69, 9.17) is 5.73 Å². The molecule has 0 bridgehead atoms. The number of hydrogen-bond acceptors (Lipinski definition) is 1. The molecule has 0 aliphatic rings. The van der Waals surface area contributed by atoms with E-state index < -0.39 is 0 Å². The molecule has 0 aromatic heterocycles. The van der Waals surface area contributed by atoms with Crippen molar-refractivity contribution in [2.45, 2.75) is 6.92 Å². The molecule has 0 aliphatic heterocycles. The number of nitrogen functional groups attached to an aromatic ring is 1. The van der Waals surface area contributed by atoms with Gasteiger partial charge in [-0.1, -0.05) is 90.5 Å². The predicted octanol–water partition coefficient (Wildman–Crippen LogP) is 6.72. The van der Waals surface area contributed by atoms with Crippen LogP contribution >= 0.6 is 0 Å². The number of benzene rings is 5. The van der Waals surface area contributed by atoms with E-state index in [1.54, 1.807) is 0 Å². The summed E-state index contributed by atoms with van der Waals surface area (Å²) in [5.74, 6) is 0. The van der Waals surface area contributed by atoms with Gasteiger partial charge < -0.3 is 5.73 Å². The van der Waals surface area contributed by atoms with Gasteiger partial charge in [0.05, 0.1) is 0 Å². The standard InChI is InChI=1S/C18H13N.C7H8/c19-12-9-10-17-15-7-2-1-5-13(15)14-6-3-4-8-16(14)18(17)11-12;1-7-5-3-2-4-6-7/h1-11H,19H2;2-6H,1H3. The molecule has 26 heavy (non-hydrogen) atoms. The lowest BCUT2D eigenvalue weighted by Gasteiger charge is -2.10. The molecule has 0 radical (unpaired) electrons. The van der Waals surface area contributed by atoms with Crippen LogP contribution in [0.5, 0.6) is 0 Å². The molecule has 5 aromatic carbocycles. The normalized spacial score (nSPS) is 10.7. The van der Waals surface area contributed by atoms with Gasteiger partial charge in [-0.15, -0.1) is 0 Å². The summed E-state index contributed by atoms with van der Waals surface area (Å²) in [6.45, 7) is 2.08. The van der Waals surface area contributed by atoms with Crippen LogP contribution in [-0.2, 0) is 0 Å². The molecule has 1 nitrogen and oxygen atoms in total. The van der Waals surface area contributed by atoms with Crippen molar-refractivity contribution in [3.8, 4) is 0 Å². The Morgan fingerprint density at radius 3 is 1.35 bits per heavy atom. The van der Waals surface area contributed by atoms with Crippen molar-refractivity contribution < 1.29 is 0 Å². The van der Waals surface area contributed by atoms with Crippen molar-refractivity contribution in [2.75, 3.05) is 5.73 Å². The second kappa shape index (κ2) is 6.89. The van der Waals surface area contributed by atoms with E-state index in [9.17, 15) is 0 Å². The first-order valence-corrected chi connectivity index (χ1v) is 8.84. The smallest absolute Gasteiger partial charge is 0.0320 e. The summed E-state index contributed by atoms with van der Waals surface area (Å²) in [5, 5.41) is 7.64. The predicted molar refractivity (Wildman–Crippen MR) is 115 cm³/mol. The summed E-state index contributed by atoms with van der Waals surface area (Å²) >= 11 is 0. The van der Waals surface area contributed by atoms with Crippen LogP contribution in [0.4, 0.5) is 5.69 Å². The highest BCUT2D eigenvalue weighted by Crippen LogP contribution is 2.35. The minimum atomic E-state index is 0.813. The molecule has 0 spiro atoms. The molecule has 126 valence electrons. The van der Waals surface area contributed by atoms with Gasteiger partial charge in [-0.2, -0.15) is 0 Å². The maximum atomic E-state index is 5.96. The fourth-order valence-corrected chi connectivity index (χ4v) is 3.46. The van der Waals surface area contributed by atoms with E-state index in [0.29, 0.717) is 0 Å². The Hall–Kier alpha value is -3.32. The fraction of sp³-hybridized carbons (Fsp3) is 0.0400. The van der Waals surface area contributed by atoms with Crippen molar-refractivity contribution >= 4 is 38.0 Å². The molecule has 1 heteroatoms. The lowest BCUT2D eigenvalue weighted by molar-refractivity contribution is 1.48. The minimum absolute atomic E-state index is 0.813. The highest BCUT2D eigenvalue weighted by molar-refractivity contribution is 6.25. The monoisotopic (exact) mass is 335 g/mol. The third-order valence-corrected chi connectivity index (χ3v) is 4.71. The summed E-state index contributed by atoms with van der Waals surface area (Å²) < 4.78 is 0. The average Bonchev–Trinajstić information content (AvgIpc) is 2.69.